The highest BCUT2D eigenvalue weighted by molar-refractivity contribution is 9.10. The minimum atomic E-state index is -1.59. The van der Waals surface area contributed by atoms with Crippen molar-refractivity contribution < 1.29 is 4.79 Å². The van der Waals surface area contributed by atoms with Gasteiger partial charge in [0.2, 0.25) is 5.91 Å². The van der Waals surface area contributed by atoms with Gasteiger partial charge in [-0.15, -0.1) is 0 Å². The van der Waals surface area contributed by atoms with E-state index in [0.29, 0.717) is 0 Å². The van der Waals surface area contributed by atoms with Crippen LogP contribution >= 0.6 is 31.9 Å². The van der Waals surface area contributed by atoms with Gasteiger partial charge in [0.15, 0.2) is 0 Å². The van der Waals surface area contributed by atoms with Crippen molar-refractivity contribution in [3.05, 3.63) is 63.0 Å². The fourth-order valence-electron chi connectivity index (χ4n) is 3.22. The quantitative estimate of drug-likeness (QED) is 0.412. The molecule has 1 aliphatic heterocycles. The van der Waals surface area contributed by atoms with Gasteiger partial charge in [0.05, 0.1) is 19.7 Å². The summed E-state index contributed by atoms with van der Waals surface area (Å²) < 4.78 is 2.09. The Hall–Kier alpha value is -0.913. The third kappa shape index (κ3) is 3.19. The second-order valence-corrected chi connectivity index (χ2v) is 14.2. The molecule has 0 aromatic heterocycles. The van der Waals surface area contributed by atoms with E-state index < -0.39 is 8.07 Å². The lowest BCUT2D eigenvalue weighted by Gasteiger charge is -2.52. The Kier molecular flexibility index (Phi) is 4.55. The molecule has 2 atom stereocenters. The van der Waals surface area contributed by atoms with Crippen molar-refractivity contribution in [1.82, 2.24) is 0 Å². The highest BCUT2D eigenvalue weighted by Gasteiger charge is 2.54. The summed E-state index contributed by atoms with van der Waals surface area (Å²) in [5.41, 5.74) is 2.32. The predicted octanol–water partition coefficient (Wildman–Crippen LogP) is 6.01. The molecule has 5 heteroatoms. The van der Waals surface area contributed by atoms with E-state index in [1.54, 1.807) is 0 Å². The zero-order valence-corrected chi connectivity index (χ0v) is 17.6. The van der Waals surface area contributed by atoms with Crippen molar-refractivity contribution in [2.45, 2.75) is 31.2 Å². The molecule has 0 radical (unpaired) electrons. The van der Waals surface area contributed by atoms with Gasteiger partial charge in [-0.1, -0.05) is 63.6 Å². The van der Waals surface area contributed by atoms with Crippen LogP contribution < -0.4 is 4.90 Å². The number of carbonyl (C=O) groups is 1. The number of β-lactam (4-membered cyclic amide) rings is 1. The summed E-state index contributed by atoms with van der Waals surface area (Å²) in [5.74, 6) is 0.263. The number of benzene rings is 2. The van der Waals surface area contributed by atoms with Crippen LogP contribution in [-0.2, 0) is 4.79 Å². The number of anilines is 1. The third-order valence-electron chi connectivity index (χ3n) is 4.35. The molecule has 2 aromatic carbocycles. The molecule has 23 heavy (non-hydrogen) atoms. The monoisotopic (exact) mass is 451 g/mol. The predicted molar refractivity (Wildman–Crippen MR) is 106 cm³/mol. The molecule has 0 spiro atoms. The Balaban J connectivity index is 2.02. The lowest BCUT2D eigenvalue weighted by molar-refractivity contribution is -0.124. The van der Waals surface area contributed by atoms with Crippen molar-refractivity contribution in [2.75, 3.05) is 4.90 Å². The van der Waals surface area contributed by atoms with E-state index in [1.807, 2.05) is 29.2 Å². The van der Waals surface area contributed by atoms with Gasteiger partial charge >= 0.3 is 0 Å². The number of nitrogens with zero attached hydrogens (tertiary/aromatic N) is 1. The Bertz CT molecular complexity index is 722. The molecule has 2 nitrogen and oxygen atoms in total. The molecular weight excluding hydrogens is 434 g/mol. The first-order chi connectivity index (χ1) is 10.8. The van der Waals surface area contributed by atoms with Crippen LogP contribution in [0.3, 0.4) is 0 Å². The molecule has 3 rings (SSSR count). The summed E-state index contributed by atoms with van der Waals surface area (Å²) in [6.07, 6.45) is 0. The van der Waals surface area contributed by atoms with Crippen LogP contribution in [0.2, 0.25) is 25.2 Å². The summed E-state index contributed by atoms with van der Waals surface area (Å²) in [5, 5.41) is 0. The van der Waals surface area contributed by atoms with Crippen molar-refractivity contribution >= 4 is 51.5 Å². The summed E-state index contributed by atoms with van der Waals surface area (Å²) in [6.45, 7) is 6.83. The molecule has 0 N–H and O–H groups in total. The van der Waals surface area contributed by atoms with Gasteiger partial charge in [-0.2, -0.15) is 0 Å². The molecule has 1 aliphatic rings. The van der Waals surface area contributed by atoms with Crippen LogP contribution in [0.1, 0.15) is 11.6 Å². The van der Waals surface area contributed by atoms with Crippen molar-refractivity contribution in [2.24, 2.45) is 0 Å². The standard InChI is InChI=1S/C18H19Br2NOSi/c1-23(2,3)17-16(12-4-6-13(19)7-5-12)21(18(17)22)15-10-8-14(20)9-11-15/h4-11,16-17H,1-3H3. The van der Waals surface area contributed by atoms with E-state index in [9.17, 15) is 4.79 Å². The van der Waals surface area contributed by atoms with Gasteiger partial charge in [-0.25, -0.2) is 0 Å². The Labute approximate surface area is 155 Å². The van der Waals surface area contributed by atoms with Crippen LogP contribution in [0.5, 0.6) is 0 Å². The van der Waals surface area contributed by atoms with Gasteiger partial charge < -0.3 is 4.90 Å². The van der Waals surface area contributed by atoms with E-state index in [0.717, 1.165) is 14.6 Å². The second-order valence-electron chi connectivity index (χ2n) is 7.02. The highest BCUT2D eigenvalue weighted by Crippen LogP contribution is 2.51. The molecule has 120 valence electrons. The number of halogens is 2. The van der Waals surface area contributed by atoms with E-state index in [-0.39, 0.29) is 17.5 Å². The molecule has 1 heterocycles. The SMILES string of the molecule is C[Si](C)(C)C1C(=O)N(c2ccc(Br)cc2)C1c1ccc(Br)cc1. The number of amides is 1. The largest absolute Gasteiger partial charge is 0.304 e. The molecule has 1 fully saturated rings. The maximum Gasteiger partial charge on any atom is 0.230 e. The van der Waals surface area contributed by atoms with Crippen molar-refractivity contribution in [3.63, 3.8) is 0 Å². The maximum atomic E-state index is 12.9. The normalized spacial score (nSPS) is 21.3. The minimum absolute atomic E-state index is 0.132. The molecule has 1 saturated heterocycles. The first kappa shape index (κ1) is 16.9. The average molecular weight is 453 g/mol. The summed E-state index contributed by atoms with van der Waals surface area (Å²) >= 11 is 6.95. The average Bonchev–Trinajstić information content (AvgIpc) is 2.47. The lowest BCUT2D eigenvalue weighted by atomic mass is 9.92. The smallest absolute Gasteiger partial charge is 0.230 e. The van der Waals surface area contributed by atoms with Gasteiger partial charge in [0, 0.05) is 14.6 Å². The zero-order chi connectivity index (χ0) is 16.8. The molecule has 2 unspecified atom stereocenters. The number of rotatable bonds is 3. The van der Waals surface area contributed by atoms with Gasteiger partial charge in [-0.05, 0) is 42.0 Å². The fourth-order valence-corrected chi connectivity index (χ4v) is 5.92. The Morgan fingerprint density at radius 2 is 1.35 bits per heavy atom. The zero-order valence-electron chi connectivity index (χ0n) is 13.4. The van der Waals surface area contributed by atoms with Gasteiger partial charge in [0.1, 0.15) is 0 Å². The van der Waals surface area contributed by atoms with E-state index >= 15 is 0 Å². The van der Waals surface area contributed by atoms with E-state index in [2.05, 4.69) is 75.8 Å². The van der Waals surface area contributed by atoms with Crippen molar-refractivity contribution in [3.8, 4) is 0 Å². The molecule has 0 bridgehead atoms. The fraction of sp³-hybridized carbons (Fsp3) is 0.278. The minimum Gasteiger partial charge on any atom is -0.304 e. The van der Waals surface area contributed by atoms with E-state index in [1.165, 1.54) is 5.56 Å². The second kappa shape index (κ2) is 6.19. The topological polar surface area (TPSA) is 20.3 Å². The Morgan fingerprint density at radius 1 is 0.870 bits per heavy atom. The van der Waals surface area contributed by atoms with Crippen LogP contribution in [0.25, 0.3) is 0 Å². The first-order valence-corrected chi connectivity index (χ1v) is 12.8. The summed E-state index contributed by atoms with van der Waals surface area (Å²) in [6, 6.07) is 16.5. The summed E-state index contributed by atoms with van der Waals surface area (Å²) in [7, 11) is -1.59. The molecule has 0 aliphatic carbocycles. The lowest BCUT2D eigenvalue weighted by Crippen LogP contribution is -2.59. The highest BCUT2D eigenvalue weighted by atomic mass is 79.9. The van der Waals surface area contributed by atoms with Crippen molar-refractivity contribution in [1.29, 1.82) is 0 Å². The first-order valence-electron chi connectivity index (χ1n) is 7.63. The van der Waals surface area contributed by atoms with Crippen LogP contribution in [-0.4, -0.2) is 14.0 Å². The number of carbonyl (C=O) groups excluding carboxylic acids is 1. The maximum absolute atomic E-state index is 12.9. The number of hydrogen-bond donors (Lipinski definition) is 0. The molecule has 0 saturated carbocycles. The van der Waals surface area contributed by atoms with E-state index in [4.69, 9.17) is 0 Å². The van der Waals surface area contributed by atoms with Crippen LogP contribution in [0.4, 0.5) is 5.69 Å². The Morgan fingerprint density at radius 3 is 1.83 bits per heavy atom. The number of hydrogen-bond acceptors (Lipinski definition) is 1. The molecule has 1 amide bonds. The van der Waals surface area contributed by atoms with Crippen LogP contribution in [0, 0.1) is 0 Å². The summed E-state index contributed by atoms with van der Waals surface area (Å²) in [4.78, 5) is 14.8. The molecule has 2 aromatic rings. The van der Waals surface area contributed by atoms with Crippen LogP contribution in [0.15, 0.2) is 57.5 Å². The third-order valence-corrected chi connectivity index (χ3v) is 7.83. The van der Waals surface area contributed by atoms with Gasteiger partial charge in [-0.3, -0.25) is 4.79 Å². The van der Waals surface area contributed by atoms with Gasteiger partial charge in [0.25, 0.3) is 0 Å². The molecular formula is C18H19Br2NOSi.